The summed E-state index contributed by atoms with van der Waals surface area (Å²) in [7, 11) is 0. The predicted molar refractivity (Wildman–Crippen MR) is 97.6 cm³/mol. The molecule has 6 aliphatic rings. The van der Waals surface area contributed by atoms with Gasteiger partial charge in [0.15, 0.2) is 5.79 Å². The topological polar surface area (TPSA) is 48.1 Å². The Hall–Kier alpha value is -0.710. The summed E-state index contributed by atoms with van der Waals surface area (Å²) in [6.45, 7) is 7.65. The highest BCUT2D eigenvalue weighted by Gasteiger charge is 2.79. The van der Waals surface area contributed by atoms with E-state index in [-0.39, 0.29) is 22.4 Å². The zero-order valence-electron chi connectivity index (χ0n) is 16.4. The molecule has 0 amide bonds. The Morgan fingerprint density at radius 2 is 1.85 bits per heavy atom. The number of carbonyl (C=O) groups is 1. The smallest absolute Gasteiger partial charge is 0.171 e. The number of ketones is 1. The largest absolute Gasteiger partial charge is 0.358 e. The summed E-state index contributed by atoms with van der Waals surface area (Å²) in [5.41, 5.74) is 1.34. The minimum atomic E-state index is -0.375. The number of allylic oxidation sites excluding steroid dienone is 1. The Bertz CT molecular complexity index is 663. The van der Waals surface area contributed by atoms with Crippen LogP contribution in [-0.4, -0.2) is 36.0 Å². The normalized spacial score (nSPS) is 50.0. The molecule has 5 atom stereocenters. The van der Waals surface area contributed by atoms with Gasteiger partial charge in [-0.2, -0.15) is 0 Å². The van der Waals surface area contributed by atoms with Crippen molar-refractivity contribution >= 4 is 5.78 Å². The Labute approximate surface area is 156 Å². The fraction of sp³-hybridized carbons (Fsp3) is 0.864. The van der Waals surface area contributed by atoms with Crippen LogP contribution in [0.25, 0.3) is 0 Å². The zero-order chi connectivity index (χ0) is 18.2. The van der Waals surface area contributed by atoms with Gasteiger partial charge in [0.05, 0.1) is 13.2 Å². The summed E-state index contributed by atoms with van der Waals surface area (Å²) in [5.74, 6) is 1.21. The molecule has 3 saturated carbocycles. The Morgan fingerprint density at radius 3 is 2.62 bits per heavy atom. The number of hydrogen-bond acceptors (Lipinski definition) is 4. The summed E-state index contributed by atoms with van der Waals surface area (Å²) >= 11 is 0. The molecule has 4 heteroatoms. The molecule has 0 N–H and O–H groups in total. The van der Waals surface area contributed by atoms with Gasteiger partial charge in [0.2, 0.25) is 0 Å². The number of hydrogen-bond donors (Lipinski definition) is 0. The fourth-order valence-corrected chi connectivity index (χ4v) is 7.11. The summed E-state index contributed by atoms with van der Waals surface area (Å²) < 4.78 is 18.5. The lowest BCUT2D eigenvalue weighted by Crippen LogP contribution is -2.51. The van der Waals surface area contributed by atoms with E-state index >= 15 is 0 Å². The summed E-state index contributed by atoms with van der Waals surface area (Å²) in [4.78, 5) is 12.5. The fourth-order valence-electron chi connectivity index (χ4n) is 7.11. The van der Waals surface area contributed by atoms with E-state index in [4.69, 9.17) is 14.2 Å². The van der Waals surface area contributed by atoms with Gasteiger partial charge in [-0.1, -0.05) is 26.8 Å². The van der Waals surface area contributed by atoms with E-state index in [9.17, 15) is 4.79 Å². The van der Waals surface area contributed by atoms with Crippen LogP contribution < -0.4 is 0 Å². The second kappa shape index (κ2) is 5.42. The number of Topliss-reactive ketones (excluding diaryl/α,β-unsaturated/α-hetero) is 1. The molecule has 3 unspecified atom stereocenters. The summed E-state index contributed by atoms with van der Waals surface area (Å²) in [5, 5.41) is 0. The first-order chi connectivity index (χ1) is 12.5. The van der Waals surface area contributed by atoms with Crippen LogP contribution in [0.2, 0.25) is 0 Å². The zero-order valence-corrected chi connectivity index (χ0v) is 16.4. The molecule has 144 valence electrons. The molecule has 26 heavy (non-hydrogen) atoms. The van der Waals surface area contributed by atoms with E-state index in [0.29, 0.717) is 17.6 Å². The number of rotatable bonds is 0. The molecule has 0 aromatic rings. The van der Waals surface area contributed by atoms with Crippen LogP contribution in [0.15, 0.2) is 11.6 Å². The van der Waals surface area contributed by atoms with E-state index in [1.165, 1.54) is 0 Å². The van der Waals surface area contributed by atoms with Crippen LogP contribution in [0.5, 0.6) is 0 Å². The van der Waals surface area contributed by atoms with Crippen LogP contribution >= 0.6 is 0 Å². The van der Waals surface area contributed by atoms with E-state index in [0.717, 1.165) is 64.6 Å². The highest BCUT2D eigenvalue weighted by Crippen LogP contribution is 2.73. The first-order valence-electron chi connectivity index (χ1n) is 10.7. The summed E-state index contributed by atoms with van der Waals surface area (Å²) in [6, 6.07) is 0. The lowest BCUT2D eigenvalue weighted by atomic mass is 9.54. The first kappa shape index (κ1) is 17.4. The van der Waals surface area contributed by atoms with Crippen molar-refractivity contribution in [3.05, 3.63) is 11.6 Å². The second-order valence-corrected chi connectivity index (χ2v) is 9.20. The average Bonchev–Trinajstić information content (AvgIpc) is 2.97. The van der Waals surface area contributed by atoms with E-state index < -0.39 is 0 Å². The molecule has 2 heterocycles. The maximum atomic E-state index is 12.5. The van der Waals surface area contributed by atoms with E-state index in [1.807, 2.05) is 13.8 Å². The van der Waals surface area contributed by atoms with Crippen LogP contribution in [0.3, 0.4) is 0 Å². The van der Waals surface area contributed by atoms with Gasteiger partial charge in [-0.05, 0) is 49.5 Å². The lowest BCUT2D eigenvalue weighted by molar-refractivity contribution is -0.185. The Balaban J connectivity index is 0.000000727. The third-order valence-electron chi connectivity index (χ3n) is 8.38. The minimum Gasteiger partial charge on any atom is -0.358 e. The van der Waals surface area contributed by atoms with Gasteiger partial charge in [0.1, 0.15) is 17.0 Å². The van der Waals surface area contributed by atoms with Crippen LogP contribution in [0.4, 0.5) is 0 Å². The first-order valence-corrected chi connectivity index (χ1v) is 10.7. The van der Waals surface area contributed by atoms with Gasteiger partial charge in [-0.3, -0.25) is 4.79 Å². The molecule has 2 saturated heterocycles. The highest BCUT2D eigenvalue weighted by atomic mass is 16.7. The van der Waals surface area contributed by atoms with Crippen molar-refractivity contribution in [2.45, 2.75) is 89.1 Å². The van der Waals surface area contributed by atoms with Crippen molar-refractivity contribution in [2.24, 2.45) is 17.3 Å². The van der Waals surface area contributed by atoms with Gasteiger partial charge in [0, 0.05) is 24.7 Å². The molecule has 6 rings (SSSR count). The SMILES string of the molecule is CC.CC12CC=C3C(CC[C@@]45CC6(CC[C@@]34O5)OCCO6)C1CCC2=O. The van der Waals surface area contributed by atoms with Gasteiger partial charge in [-0.15, -0.1) is 0 Å². The van der Waals surface area contributed by atoms with Crippen LogP contribution in [-0.2, 0) is 19.0 Å². The van der Waals surface area contributed by atoms with Crippen molar-refractivity contribution < 1.29 is 19.0 Å². The van der Waals surface area contributed by atoms with Gasteiger partial charge >= 0.3 is 0 Å². The molecular weight excluding hydrogens is 328 g/mol. The van der Waals surface area contributed by atoms with E-state index in [2.05, 4.69) is 13.0 Å². The Kier molecular flexibility index (Phi) is 3.63. The minimum absolute atomic E-state index is 0.0473. The molecule has 0 radical (unpaired) electrons. The highest BCUT2D eigenvalue weighted by molar-refractivity contribution is 5.87. The molecule has 0 bridgehead atoms. The van der Waals surface area contributed by atoms with Crippen molar-refractivity contribution in [1.82, 2.24) is 0 Å². The molecule has 0 aromatic carbocycles. The predicted octanol–water partition coefficient (Wildman–Crippen LogP) is 4.17. The number of epoxide rings is 1. The third kappa shape index (κ3) is 1.94. The maximum Gasteiger partial charge on any atom is 0.171 e. The molecular formula is C22H32O4. The number of ether oxygens (including phenoxy) is 3. The van der Waals surface area contributed by atoms with E-state index in [1.54, 1.807) is 5.57 Å². The van der Waals surface area contributed by atoms with Crippen molar-refractivity contribution in [1.29, 1.82) is 0 Å². The van der Waals surface area contributed by atoms with Crippen LogP contribution in [0, 0.1) is 17.3 Å². The van der Waals surface area contributed by atoms with Crippen molar-refractivity contribution in [2.75, 3.05) is 13.2 Å². The average molecular weight is 360 g/mol. The molecule has 4 aliphatic carbocycles. The maximum absolute atomic E-state index is 12.5. The molecule has 5 fully saturated rings. The number of carbonyl (C=O) groups excluding carboxylic acids is 1. The van der Waals surface area contributed by atoms with Crippen molar-refractivity contribution in [3.8, 4) is 0 Å². The summed E-state index contributed by atoms with van der Waals surface area (Å²) in [6.07, 6.45) is 10.3. The van der Waals surface area contributed by atoms with Crippen LogP contribution in [0.1, 0.15) is 72.1 Å². The number of fused-ring (bicyclic) bond motifs is 3. The molecule has 1 spiro atoms. The molecule has 2 aliphatic heterocycles. The molecule has 0 aromatic heterocycles. The second-order valence-electron chi connectivity index (χ2n) is 9.20. The quantitative estimate of drug-likeness (QED) is 0.480. The lowest BCUT2D eigenvalue weighted by Gasteiger charge is -2.48. The van der Waals surface area contributed by atoms with Gasteiger partial charge < -0.3 is 14.2 Å². The Morgan fingerprint density at radius 1 is 1.08 bits per heavy atom. The monoisotopic (exact) mass is 360 g/mol. The van der Waals surface area contributed by atoms with Gasteiger partial charge in [0.25, 0.3) is 0 Å². The standard InChI is InChI=1S/C20H26O4.C2H6/c1-17-6-5-15-13(14(17)2-3-16(17)21)4-7-18-12-19(22-10-11-23-19)8-9-20(15,18)24-18;1-2/h5,13-14H,2-4,6-12H2,1H3;1-2H3/t13?,14?,17?,18-,20-;/m1./s1. The van der Waals surface area contributed by atoms with Gasteiger partial charge in [-0.25, -0.2) is 0 Å². The third-order valence-corrected chi connectivity index (χ3v) is 8.38. The van der Waals surface area contributed by atoms with Crippen molar-refractivity contribution in [3.63, 3.8) is 0 Å². The molecule has 4 nitrogen and oxygen atoms in total.